The van der Waals surface area contributed by atoms with Crippen molar-refractivity contribution in [2.24, 2.45) is 0 Å². The molecule has 1 heterocycles. The Labute approximate surface area is 139 Å². The van der Waals surface area contributed by atoms with Crippen LogP contribution in [0.1, 0.15) is 29.0 Å². The first-order valence-corrected chi connectivity index (χ1v) is 7.67. The lowest BCUT2D eigenvalue weighted by Gasteiger charge is -2.04. The Hall–Kier alpha value is -3.14. The van der Waals surface area contributed by atoms with E-state index in [1.54, 1.807) is 30.3 Å². The SMILES string of the molecule is O=C(/C=C/c1cccc(OC(=O)c2ccco2)c1)C1=CCCC=C1. The fourth-order valence-electron chi connectivity index (χ4n) is 2.30. The van der Waals surface area contributed by atoms with E-state index in [4.69, 9.17) is 9.15 Å². The molecule has 0 amide bonds. The van der Waals surface area contributed by atoms with Crippen LogP contribution >= 0.6 is 0 Å². The molecule has 0 fully saturated rings. The Balaban J connectivity index is 1.68. The van der Waals surface area contributed by atoms with Crippen molar-refractivity contribution in [3.63, 3.8) is 0 Å². The largest absolute Gasteiger partial charge is 0.457 e. The molecule has 1 aromatic heterocycles. The summed E-state index contributed by atoms with van der Waals surface area (Å²) in [4.78, 5) is 23.9. The van der Waals surface area contributed by atoms with E-state index in [1.807, 2.05) is 24.3 Å². The van der Waals surface area contributed by atoms with E-state index < -0.39 is 5.97 Å². The third kappa shape index (κ3) is 3.98. The molecule has 4 nitrogen and oxygen atoms in total. The summed E-state index contributed by atoms with van der Waals surface area (Å²) in [6.07, 6.45) is 12.3. The van der Waals surface area contributed by atoms with E-state index in [9.17, 15) is 9.59 Å². The van der Waals surface area contributed by atoms with Gasteiger partial charge in [0.2, 0.25) is 5.76 Å². The van der Waals surface area contributed by atoms with E-state index in [0.717, 1.165) is 18.4 Å². The number of ketones is 1. The Morgan fingerprint density at radius 2 is 2.04 bits per heavy atom. The van der Waals surface area contributed by atoms with Crippen LogP contribution in [0.2, 0.25) is 0 Å². The molecule has 0 aliphatic heterocycles. The van der Waals surface area contributed by atoms with Gasteiger partial charge in [-0.15, -0.1) is 0 Å². The van der Waals surface area contributed by atoms with Crippen LogP contribution in [-0.4, -0.2) is 11.8 Å². The molecule has 0 spiro atoms. The molecule has 0 bridgehead atoms. The first kappa shape index (κ1) is 15.7. The minimum absolute atomic E-state index is 0.0380. The predicted octanol–water partition coefficient (Wildman–Crippen LogP) is 4.36. The van der Waals surface area contributed by atoms with Crippen LogP contribution in [0.15, 0.2) is 77.0 Å². The van der Waals surface area contributed by atoms with Crippen molar-refractivity contribution in [2.75, 3.05) is 0 Å². The summed E-state index contributed by atoms with van der Waals surface area (Å²) in [6.45, 7) is 0. The van der Waals surface area contributed by atoms with Gasteiger partial charge < -0.3 is 9.15 Å². The van der Waals surface area contributed by atoms with Gasteiger partial charge in [-0.25, -0.2) is 4.79 Å². The normalized spacial score (nSPS) is 13.8. The highest BCUT2D eigenvalue weighted by Crippen LogP contribution is 2.17. The van der Waals surface area contributed by atoms with E-state index >= 15 is 0 Å². The number of furan rings is 1. The van der Waals surface area contributed by atoms with Gasteiger partial charge in [0.05, 0.1) is 6.26 Å². The van der Waals surface area contributed by atoms with Gasteiger partial charge in [-0.2, -0.15) is 0 Å². The Morgan fingerprint density at radius 1 is 1.12 bits per heavy atom. The molecule has 24 heavy (non-hydrogen) atoms. The zero-order chi connectivity index (χ0) is 16.8. The number of carbonyl (C=O) groups is 2. The number of hydrogen-bond acceptors (Lipinski definition) is 4. The second kappa shape index (κ2) is 7.42. The van der Waals surface area contributed by atoms with E-state index in [0.29, 0.717) is 11.3 Å². The zero-order valence-electron chi connectivity index (χ0n) is 13.0. The third-order valence-corrected chi connectivity index (χ3v) is 3.50. The second-order valence-electron chi connectivity index (χ2n) is 5.28. The molecule has 0 atom stereocenters. The van der Waals surface area contributed by atoms with Crippen LogP contribution in [0.3, 0.4) is 0 Å². The lowest BCUT2D eigenvalue weighted by atomic mass is 10.0. The fourth-order valence-corrected chi connectivity index (χ4v) is 2.30. The molecule has 1 aliphatic rings. The van der Waals surface area contributed by atoms with Crippen molar-refractivity contribution < 1.29 is 18.7 Å². The highest BCUT2D eigenvalue weighted by molar-refractivity contribution is 6.08. The Morgan fingerprint density at radius 3 is 2.79 bits per heavy atom. The quantitative estimate of drug-likeness (QED) is 0.467. The van der Waals surface area contributed by atoms with Crippen molar-refractivity contribution in [3.8, 4) is 5.75 Å². The summed E-state index contributed by atoms with van der Waals surface area (Å²) >= 11 is 0. The second-order valence-corrected chi connectivity index (χ2v) is 5.28. The molecule has 2 aromatic rings. The first-order valence-electron chi connectivity index (χ1n) is 7.67. The maximum atomic E-state index is 12.1. The van der Waals surface area contributed by atoms with Crippen molar-refractivity contribution in [1.82, 2.24) is 0 Å². The minimum atomic E-state index is -0.560. The molecule has 1 aliphatic carbocycles. The maximum Gasteiger partial charge on any atom is 0.379 e. The van der Waals surface area contributed by atoms with Gasteiger partial charge in [0, 0.05) is 5.57 Å². The zero-order valence-corrected chi connectivity index (χ0v) is 13.0. The Kier molecular flexibility index (Phi) is 4.87. The third-order valence-electron chi connectivity index (χ3n) is 3.50. The topological polar surface area (TPSA) is 56.5 Å². The average Bonchev–Trinajstić information content (AvgIpc) is 3.15. The molecule has 120 valence electrons. The van der Waals surface area contributed by atoms with Crippen molar-refractivity contribution in [3.05, 3.63) is 83.9 Å². The molecule has 3 rings (SSSR count). The van der Waals surface area contributed by atoms with Crippen LogP contribution in [0.5, 0.6) is 5.75 Å². The van der Waals surface area contributed by atoms with Crippen LogP contribution in [-0.2, 0) is 4.79 Å². The van der Waals surface area contributed by atoms with Gasteiger partial charge in [0.1, 0.15) is 5.75 Å². The smallest absolute Gasteiger partial charge is 0.379 e. The molecule has 0 radical (unpaired) electrons. The van der Waals surface area contributed by atoms with Gasteiger partial charge in [0.15, 0.2) is 5.78 Å². The first-order chi connectivity index (χ1) is 11.7. The van der Waals surface area contributed by atoms with Gasteiger partial charge >= 0.3 is 5.97 Å². The average molecular weight is 320 g/mol. The van der Waals surface area contributed by atoms with Crippen LogP contribution in [0.4, 0.5) is 0 Å². The van der Waals surface area contributed by atoms with Crippen molar-refractivity contribution >= 4 is 17.8 Å². The molecular weight excluding hydrogens is 304 g/mol. The van der Waals surface area contributed by atoms with E-state index in [1.165, 1.54) is 18.4 Å². The highest BCUT2D eigenvalue weighted by Gasteiger charge is 2.11. The van der Waals surface area contributed by atoms with Crippen LogP contribution < -0.4 is 4.74 Å². The summed E-state index contributed by atoms with van der Waals surface area (Å²) in [5.74, 6) is -0.0661. The lowest BCUT2D eigenvalue weighted by molar-refractivity contribution is -0.111. The summed E-state index contributed by atoms with van der Waals surface area (Å²) < 4.78 is 10.2. The number of esters is 1. The van der Waals surface area contributed by atoms with Crippen molar-refractivity contribution in [1.29, 1.82) is 0 Å². The molecule has 4 heteroatoms. The number of benzene rings is 1. The Bertz CT molecular complexity index is 823. The summed E-state index contributed by atoms with van der Waals surface area (Å²) in [5, 5.41) is 0. The lowest BCUT2D eigenvalue weighted by Crippen LogP contribution is -2.07. The molecule has 0 unspecified atom stereocenters. The van der Waals surface area contributed by atoms with Gasteiger partial charge in [-0.1, -0.05) is 36.4 Å². The molecule has 0 N–H and O–H groups in total. The number of rotatable bonds is 5. The summed E-state index contributed by atoms with van der Waals surface area (Å²) in [5.41, 5.74) is 1.48. The molecule has 1 aromatic carbocycles. The van der Waals surface area contributed by atoms with E-state index in [-0.39, 0.29) is 11.5 Å². The molecule has 0 saturated carbocycles. The number of hydrogen-bond donors (Lipinski definition) is 0. The van der Waals surface area contributed by atoms with Crippen LogP contribution in [0.25, 0.3) is 6.08 Å². The summed E-state index contributed by atoms with van der Waals surface area (Å²) in [6, 6.07) is 10.1. The predicted molar refractivity (Wildman–Crippen MR) is 90.6 cm³/mol. The highest BCUT2D eigenvalue weighted by atomic mass is 16.5. The van der Waals surface area contributed by atoms with Gasteiger partial charge in [-0.05, 0) is 48.7 Å². The van der Waals surface area contributed by atoms with Crippen molar-refractivity contribution in [2.45, 2.75) is 12.8 Å². The molecular formula is C20H16O4. The number of ether oxygens (including phenoxy) is 1. The van der Waals surface area contributed by atoms with Gasteiger partial charge in [-0.3, -0.25) is 4.79 Å². The number of carbonyl (C=O) groups excluding carboxylic acids is 2. The minimum Gasteiger partial charge on any atom is -0.457 e. The molecule has 0 saturated heterocycles. The summed E-state index contributed by atoms with van der Waals surface area (Å²) in [7, 11) is 0. The van der Waals surface area contributed by atoms with E-state index in [2.05, 4.69) is 0 Å². The fraction of sp³-hybridized carbons (Fsp3) is 0.100. The standard InChI is InChI=1S/C20H16O4/c21-18(16-7-2-1-3-8-16)12-11-15-6-4-9-17(14-15)24-20(22)19-10-5-13-23-19/h2,4-14H,1,3H2/b12-11+. The van der Waals surface area contributed by atoms with Gasteiger partial charge in [0.25, 0.3) is 0 Å². The number of allylic oxidation sites excluding steroid dienone is 5. The monoisotopic (exact) mass is 320 g/mol. The van der Waals surface area contributed by atoms with Crippen LogP contribution in [0, 0.1) is 0 Å². The maximum absolute atomic E-state index is 12.1.